The summed E-state index contributed by atoms with van der Waals surface area (Å²) in [5.74, 6) is 0.456. The van der Waals surface area contributed by atoms with Crippen LogP contribution in [-0.4, -0.2) is 24.8 Å². The Bertz CT molecular complexity index is 106. The molecule has 3 heteroatoms. The van der Waals surface area contributed by atoms with Crippen LogP contribution in [0.15, 0.2) is 0 Å². The van der Waals surface area contributed by atoms with Crippen molar-refractivity contribution in [3.63, 3.8) is 0 Å². The van der Waals surface area contributed by atoms with Crippen LogP contribution in [0.4, 0.5) is 0 Å². The molecule has 0 aliphatic carbocycles. The van der Waals surface area contributed by atoms with Gasteiger partial charge in [0.25, 0.3) is 0 Å². The van der Waals surface area contributed by atoms with Crippen LogP contribution in [-0.2, 0) is 0 Å². The Morgan fingerprint density at radius 3 is 2.40 bits per heavy atom. The van der Waals surface area contributed by atoms with Crippen LogP contribution in [0, 0.1) is 11.3 Å². The molecule has 0 spiro atoms. The molecule has 0 aromatic heterocycles. The van der Waals surface area contributed by atoms with Gasteiger partial charge in [0, 0.05) is 25.6 Å². The van der Waals surface area contributed by atoms with Gasteiger partial charge in [-0.1, -0.05) is 13.8 Å². The number of aliphatic hydroxyl groups excluding tert-OH is 1. The van der Waals surface area contributed by atoms with E-state index in [4.69, 9.17) is 5.11 Å². The van der Waals surface area contributed by atoms with Crippen LogP contribution >= 0.6 is 12.4 Å². The van der Waals surface area contributed by atoms with E-state index in [1.807, 2.05) is 0 Å². The van der Waals surface area contributed by atoms with Gasteiger partial charge in [0.1, 0.15) is 0 Å². The van der Waals surface area contributed by atoms with Crippen LogP contribution in [0.2, 0.25) is 0 Å². The molecule has 0 saturated carbocycles. The molecule has 62 valence electrons. The number of halogens is 1. The molecule has 0 amide bonds. The minimum Gasteiger partial charge on any atom is -0.396 e. The largest absolute Gasteiger partial charge is 0.396 e. The highest BCUT2D eigenvalue weighted by molar-refractivity contribution is 5.85. The smallest absolute Gasteiger partial charge is 0.0477 e. The quantitative estimate of drug-likeness (QED) is 0.598. The first kappa shape index (κ1) is 10.2. The Labute approximate surface area is 68.4 Å². The molecule has 0 aromatic rings. The van der Waals surface area contributed by atoms with E-state index in [0.717, 1.165) is 13.1 Å². The molecule has 0 radical (unpaired) electrons. The molecule has 1 fully saturated rings. The minimum atomic E-state index is 0. The predicted molar refractivity (Wildman–Crippen MR) is 44.5 cm³/mol. The number of hydrogen-bond acceptors (Lipinski definition) is 2. The van der Waals surface area contributed by atoms with Gasteiger partial charge < -0.3 is 10.4 Å². The first-order valence-electron chi connectivity index (χ1n) is 3.48. The maximum absolute atomic E-state index is 8.86. The molecule has 1 aliphatic heterocycles. The summed E-state index contributed by atoms with van der Waals surface area (Å²) in [6, 6.07) is 0. The van der Waals surface area contributed by atoms with E-state index < -0.39 is 0 Å². The monoisotopic (exact) mass is 165 g/mol. The standard InChI is InChI=1S/C7H15NO.ClH/c1-7(2)5-8-3-6(7)4-9;/h6,8-9H,3-5H2,1-2H3;1H. The lowest BCUT2D eigenvalue weighted by molar-refractivity contribution is 0.161. The first-order chi connectivity index (χ1) is 4.17. The lowest BCUT2D eigenvalue weighted by atomic mass is 9.83. The third-order valence-corrected chi connectivity index (χ3v) is 2.30. The molecule has 1 rings (SSSR count). The zero-order chi connectivity index (χ0) is 6.91. The van der Waals surface area contributed by atoms with Crippen molar-refractivity contribution < 1.29 is 5.11 Å². The van der Waals surface area contributed by atoms with E-state index in [0.29, 0.717) is 17.9 Å². The second-order valence-corrected chi connectivity index (χ2v) is 3.50. The first-order valence-corrected chi connectivity index (χ1v) is 3.48. The molecule has 1 aliphatic rings. The second kappa shape index (κ2) is 3.56. The molecule has 0 aromatic carbocycles. The van der Waals surface area contributed by atoms with E-state index in [2.05, 4.69) is 19.2 Å². The van der Waals surface area contributed by atoms with Crippen LogP contribution in [0.3, 0.4) is 0 Å². The molecule has 1 saturated heterocycles. The number of nitrogens with one attached hydrogen (secondary N) is 1. The van der Waals surface area contributed by atoms with Crippen molar-refractivity contribution in [2.24, 2.45) is 11.3 Å². The summed E-state index contributed by atoms with van der Waals surface area (Å²) in [5, 5.41) is 12.1. The fourth-order valence-electron chi connectivity index (χ4n) is 1.30. The summed E-state index contributed by atoms with van der Waals surface area (Å²) in [6.45, 7) is 6.71. The summed E-state index contributed by atoms with van der Waals surface area (Å²) in [4.78, 5) is 0. The van der Waals surface area contributed by atoms with Gasteiger partial charge in [-0.3, -0.25) is 0 Å². The van der Waals surface area contributed by atoms with Crippen LogP contribution in [0.25, 0.3) is 0 Å². The van der Waals surface area contributed by atoms with Crippen molar-refractivity contribution in [1.29, 1.82) is 0 Å². The van der Waals surface area contributed by atoms with Crippen molar-refractivity contribution in [2.45, 2.75) is 13.8 Å². The molecule has 1 heterocycles. The van der Waals surface area contributed by atoms with E-state index in [1.165, 1.54) is 0 Å². The highest BCUT2D eigenvalue weighted by Crippen LogP contribution is 2.29. The Hall–Kier alpha value is 0.210. The van der Waals surface area contributed by atoms with Crippen molar-refractivity contribution in [3.8, 4) is 0 Å². The molecule has 1 unspecified atom stereocenters. The third-order valence-electron chi connectivity index (χ3n) is 2.30. The SMILES string of the molecule is CC1(C)CNCC1CO.Cl. The molecule has 2 N–H and O–H groups in total. The van der Waals surface area contributed by atoms with Crippen molar-refractivity contribution >= 4 is 12.4 Å². The van der Waals surface area contributed by atoms with E-state index in [1.54, 1.807) is 0 Å². The van der Waals surface area contributed by atoms with Gasteiger partial charge in [-0.15, -0.1) is 12.4 Å². The van der Waals surface area contributed by atoms with Gasteiger partial charge in [0.15, 0.2) is 0 Å². The van der Waals surface area contributed by atoms with Crippen LogP contribution in [0.1, 0.15) is 13.8 Å². The van der Waals surface area contributed by atoms with Gasteiger partial charge in [-0.05, 0) is 5.41 Å². The molecule has 10 heavy (non-hydrogen) atoms. The summed E-state index contributed by atoms with van der Waals surface area (Å²) in [5.41, 5.74) is 0.300. The van der Waals surface area contributed by atoms with Gasteiger partial charge in [-0.2, -0.15) is 0 Å². The molecule has 2 nitrogen and oxygen atoms in total. The van der Waals surface area contributed by atoms with Crippen molar-refractivity contribution in [2.75, 3.05) is 19.7 Å². The van der Waals surface area contributed by atoms with E-state index in [-0.39, 0.29) is 12.4 Å². The lowest BCUT2D eigenvalue weighted by Gasteiger charge is -2.23. The fourth-order valence-corrected chi connectivity index (χ4v) is 1.30. The minimum absolute atomic E-state index is 0. The highest BCUT2D eigenvalue weighted by Gasteiger charge is 2.33. The van der Waals surface area contributed by atoms with Gasteiger partial charge in [0.2, 0.25) is 0 Å². The number of hydrogen-bond donors (Lipinski definition) is 2. The topological polar surface area (TPSA) is 32.3 Å². The summed E-state index contributed by atoms with van der Waals surface area (Å²) >= 11 is 0. The molecular formula is C7H16ClNO. The number of rotatable bonds is 1. The van der Waals surface area contributed by atoms with Crippen LogP contribution in [0.5, 0.6) is 0 Å². The van der Waals surface area contributed by atoms with Crippen molar-refractivity contribution in [3.05, 3.63) is 0 Å². The van der Waals surface area contributed by atoms with Gasteiger partial charge in [-0.25, -0.2) is 0 Å². The summed E-state index contributed by atoms with van der Waals surface area (Å²) in [6.07, 6.45) is 0. The third kappa shape index (κ3) is 1.84. The van der Waals surface area contributed by atoms with Gasteiger partial charge in [0.05, 0.1) is 0 Å². The molecule has 1 atom stereocenters. The van der Waals surface area contributed by atoms with Gasteiger partial charge >= 0.3 is 0 Å². The second-order valence-electron chi connectivity index (χ2n) is 3.50. The Kier molecular flexibility index (Phi) is 3.63. The predicted octanol–water partition coefficient (Wildman–Crippen LogP) is 0.646. The van der Waals surface area contributed by atoms with Crippen LogP contribution < -0.4 is 5.32 Å². The number of aliphatic hydroxyl groups is 1. The summed E-state index contributed by atoms with van der Waals surface area (Å²) in [7, 11) is 0. The Morgan fingerprint density at radius 1 is 1.60 bits per heavy atom. The fraction of sp³-hybridized carbons (Fsp3) is 1.00. The Balaban J connectivity index is 0.000000810. The molecular weight excluding hydrogens is 150 g/mol. The average molecular weight is 166 g/mol. The maximum atomic E-state index is 8.86. The zero-order valence-electron chi connectivity index (χ0n) is 6.55. The van der Waals surface area contributed by atoms with Crippen molar-refractivity contribution in [1.82, 2.24) is 5.32 Å². The normalized spacial score (nSPS) is 29.7. The van der Waals surface area contributed by atoms with E-state index in [9.17, 15) is 0 Å². The van der Waals surface area contributed by atoms with E-state index >= 15 is 0 Å². The average Bonchev–Trinajstić information content (AvgIpc) is 2.08. The lowest BCUT2D eigenvalue weighted by Crippen LogP contribution is -2.24. The zero-order valence-corrected chi connectivity index (χ0v) is 7.37. The highest BCUT2D eigenvalue weighted by atomic mass is 35.5. The maximum Gasteiger partial charge on any atom is 0.0477 e. The Morgan fingerprint density at radius 2 is 2.20 bits per heavy atom. The molecule has 0 bridgehead atoms. The summed E-state index contributed by atoms with van der Waals surface area (Å²) < 4.78 is 0.